The summed E-state index contributed by atoms with van der Waals surface area (Å²) in [6, 6.07) is 0. The number of halogens is 1. The van der Waals surface area contributed by atoms with Crippen LogP contribution < -0.4 is 0 Å². The summed E-state index contributed by atoms with van der Waals surface area (Å²) >= 11 is 3.33. The minimum absolute atomic E-state index is 0.205. The molecule has 1 rings (SSSR count). The zero-order chi connectivity index (χ0) is 10.1. The molecule has 1 aliphatic heterocycles. The molecule has 0 radical (unpaired) electrons. The van der Waals surface area contributed by atoms with Gasteiger partial charge >= 0.3 is 0 Å². The number of hydrogen-bond acceptors (Lipinski definition) is 4. The van der Waals surface area contributed by atoms with Crippen LogP contribution >= 0.6 is 15.9 Å². The summed E-state index contributed by atoms with van der Waals surface area (Å²) in [5.74, 6) is 0. The molecule has 0 saturated carbocycles. The van der Waals surface area contributed by atoms with E-state index in [-0.39, 0.29) is 6.29 Å². The van der Waals surface area contributed by atoms with Crippen LogP contribution in [-0.2, 0) is 18.9 Å². The lowest BCUT2D eigenvalue weighted by atomic mass is 10.5. The molecule has 0 aliphatic carbocycles. The monoisotopic (exact) mass is 268 g/mol. The lowest BCUT2D eigenvalue weighted by Gasteiger charge is -2.22. The number of alkyl halides is 1. The predicted molar refractivity (Wildman–Crippen MR) is 55.7 cm³/mol. The highest BCUT2D eigenvalue weighted by atomic mass is 79.9. The SMILES string of the molecule is BrCCCOCCOC1COCCO1. The zero-order valence-corrected chi connectivity index (χ0v) is 9.83. The average Bonchev–Trinajstić information content (AvgIpc) is 2.25. The van der Waals surface area contributed by atoms with Gasteiger partial charge in [0.25, 0.3) is 0 Å². The molecule has 1 heterocycles. The lowest BCUT2D eigenvalue weighted by Crippen LogP contribution is -2.31. The van der Waals surface area contributed by atoms with Gasteiger partial charge in [-0.1, -0.05) is 15.9 Å². The predicted octanol–water partition coefficient (Wildman–Crippen LogP) is 1.18. The molecular formula is C9H17BrO4. The Kier molecular flexibility index (Phi) is 7.62. The number of rotatable bonds is 7. The minimum Gasteiger partial charge on any atom is -0.379 e. The van der Waals surface area contributed by atoms with Crippen molar-refractivity contribution in [2.75, 3.05) is 45.0 Å². The Balaban J connectivity index is 1.82. The van der Waals surface area contributed by atoms with Crippen LogP contribution in [0.2, 0.25) is 0 Å². The second kappa shape index (κ2) is 8.61. The van der Waals surface area contributed by atoms with E-state index in [4.69, 9.17) is 18.9 Å². The molecule has 1 saturated heterocycles. The van der Waals surface area contributed by atoms with Gasteiger partial charge in [0.1, 0.15) is 0 Å². The van der Waals surface area contributed by atoms with Crippen LogP contribution in [0.3, 0.4) is 0 Å². The van der Waals surface area contributed by atoms with E-state index >= 15 is 0 Å². The first-order valence-electron chi connectivity index (χ1n) is 4.88. The summed E-state index contributed by atoms with van der Waals surface area (Å²) in [5.41, 5.74) is 0. The van der Waals surface area contributed by atoms with Crippen molar-refractivity contribution in [2.45, 2.75) is 12.7 Å². The summed E-state index contributed by atoms with van der Waals surface area (Å²) in [4.78, 5) is 0. The molecule has 5 heteroatoms. The zero-order valence-electron chi connectivity index (χ0n) is 8.25. The molecule has 0 amide bonds. The Morgan fingerprint density at radius 3 is 2.86 bits per heavy atom. The highest BCUT2D eigenvalue weighted by molar-refractivity contribution is 9.09. The molecule has 0 aromatic rings. The van der Waals surface area contributed by atoms with Gasteiger partial charge in [-0.05, 0) is 6.42 Å². The van der Waals surface area contributed by atoms with Crippen molar-refractivity contribution in [2.24, 2.45) is 0 Å². The van der Waals surface area contributed by atoms with E-state index in [1.165, 1.54) is 0 Å². The van der Waals surface area contributed by atoms with Gasteiger partial charge < -0.3 is 18.9 Å². The molecule has 4 nitrogen and oxygen atoms in total. The quantitative estimate of drug-likeness (QED) is 0.513. The van der Waals surface area contributed by atoms with Crippen LogP contribution in [0, 0.1) is 0 Å². The molecule has 1 unspecified atom stereocenters. The highest BCUT2D eigenvalue weighted by Gasteiger charge is 2.13. The topological polar surface area (TPSA) is 36.9 Å². The maximum Gasteiger partial charge on any atom is 0.181 e. The van der Waals surface area contributed by atoms with E-state index in [1.54, 1.807) is 0 Å². The van der Waals surface area contributed by atoms with E-state index in [2.05, 4.69) is 15.9 Å². The fraction of sp³-hybridized carbons (Fsp3) is 1.00. The van der Waals surface area contributed by atoms with E-state index < -0.39 is 0 Å². The first-order valence-corrected chi connectivity index (χ1v) is 6.00. The first kappa shape index (κ1) is 12.4. The van der Waals surface area contributed by atoms with Crippen molar-refractivity contribution in [1.82, 2.24) is 0 Å². The van der Waals surface area contributed by atoms with Gasteiger partial charge in [0, 0.05) is 11.9 Å². The smallest absolute Gasteiger partial charge is 0.181 e. The standard InChI is InChI=1S/C9H17BrO4/c10-2-1-3-11-4-6-13-9-8-12-5-7-14-9/h9H,1-8H2. The van der Waals surface area contributed by atoms with E-state index in [0.717, 1.165) is 18.4 Å². The maximum atomic E-state index is 5.38. The third-order valence-electron chi connectivity index (χ3n) is 1.74. The molecule has 0 N–H and O–H groups in total. The Morgan fingerprint density at radius 2 is 2.14 bits per heavy atom. The van der Waals surface area contributed by atoms with Crippen molar-refractivity contribution in [3.05, 3.63) is 0 Å². The van der Waals surface area contributed by atoms with Crippen molar-refractivity contribution in [3.8, 4) is 0 Å². The van der Waals surface area contributed by atoms with Crippen LogP contribution in [0.4, 0.5) is 0 Å². The normalized spacial score (nSPS) is 22.5. The van der Waals surface area contributed by atoms with E-state index in [9.17, 15) is 0 Å². The van der Waals surface area contributed by atoms with Crippen LogP contribution in [0.25, 0.3) is 0 Å². The Hall–Kier alpha value is 0.320. The van der Waals surface area contributed by atoms with Gasteiger partial charge in [-0.15, -0.1) is 0 Å². The number of hydrogen-bond donors (Lipinski definition) is 0. The van der Waals surface area contributed by atoms with Gasteiger partial charge in [-0.3, -0.25) is 0 Å². The van der Waals surface area contributed by atoms with Gasteiger partial charge in [0.05, 0.1) is 33.0 Å². The summed E-state index contributed by atoms with van der Waals surface area (Å²) in [7, 11) is 0. The average molecular weight is 269 g/mol. The Bertz CT molecular complexity index is 128. The summed E-state index contributed by atoms with van der Waals surface area (Å²) in [5, 5.41) is 0.980. The summed E-state index contributed by atoms with van der Waals surface area (Å²) in [6.07, 6.45) is 0.826. The lowest BCUT2D eigenvalue weighted by molar-refractivity contribution is -0.215. The van der Waals surface area contributed by atoms with E-state index in [1.807, 2.05) is 0 Å². The molecule has 14 heavy (non-hydrogen) atoms. The second-order valence-corrected chi connectivity index (χ2v) is 3.69. The maximum absolute atomic E-state index is 5.38. The fourth-order valence-electron chi connectivity index (χ4n) is 1.06. The summed E-state index contributed by atoms with van der Waals surface area (Å²) in [6.45, 7) is 3.78. The molecule has 1 fully saturated rings. The van der Waals surface area contributed by atoms with Gasteiger partial charge in [0.15, 0.2) is 6.29 Å². The van der Waals surface area contributed by atoms with Crippen LogP contribution in [0.15, 0.2) is 0 Å². The van der Waals surface area contributed by atoms with Crippen molar-refractivity contribution < 1.29 is 18.9 Å². The van der Waals surface area contributed by atoms with Gasteiger partial charge in [-0.2, -0.15) is 0 Å². The Morgan fingerprint density at radius 1 is 1.21 bits per heavy atom. The molecular weight excluding hydrogens is 252 g/mol. The summed E-state index contributed by atoms with van der Waals surface area (Å²) < 4.78 is 21.2. The molecule has 0 aromatic heterocycles. The first-order chi connectivity index (χ1) is 6.93. The molecule has 1 aliphatic rings. The van der Waals surface area contributed by atoms with Gasteiger partial charge in [-0.25, -0.2) is 0 Å². The van der Waals surface area contributed by atoms with Crippen molar-refractivity contribution in [3.63, 3.8) is 0 Å². The molecule has 0 spiro atoms. The second-order valence-electron chi connectivity index (χ2n) is 2.90. The molecule has 0 aromatic carbocycles. The van der Waals surface area contributed by atoms with Gasteiger partial charge in [0.2, 0.25) is 0 Å². The van der Waals surface area contributed by atoms with E-state index in [0.29, 0.717) is 33.0 Å². The fourth-order valence-corrected chi connectivity index (χ4v) is 1.29. The van der Waals surface area contributed by atoms with Crippen molar-refractivity contribution >= 4 is 15.9 Å². The third kappa shape index (κ3) is 5.93. The Labute approximate surface area is 93.0 Å². The van der Waals surface area contributed by atoms with Crippen LogP contribution in [-0.4, -0.2) is 51.3 Å². The van der Waals surface area contributed by atoms with Crippen molar-refractivity contribution in [1.29, 1.82) is 0 Å². The van der Waals surface area contributed by atoms with Crippen LogP contribution in [0.1, 0.15) is 6.42 Å². The number of ether oxygens (including phenoxy) is 4. The largest absolute Gasteiger partial charge is 0.379 e. The molecule has 0 bridgehead atoms. The highest BCUT2D eigenvalue weighted by Crippen LogP contribution is 2.01. The minimum atomic E-state index is -0.205. The third-order valence-corrected chi connectivity index (χ3v) is 2.30. The molecule has 84 valence electrons. The van der Waals surface area contributed by atoms with Crippen LogP contribution in [0.5, 0.6) is 0 Å². The molecule has 1 atom stereocenters.